The molecule has 0 spiro atoms. The molecule has 4 aliphatic carbocycles. The van der Waals surface area contributed by atoms with Crippen LogP contribution < -0.4 is 0 Å². The Balaban J connectivity index is 1.36. The van der Waals surface area contributed by atoms with Crippen LogP contribution in [0.25, 0.3) is 0 Å². The smallest absolute Gasteiger partial charge is 0.309 e. The summed E-state index contributed by atoms with van der Waals surface area (Å²) in [5.74, 6) is -0.726. The number of aliphatic hydroxyl groups excluding tert-OH is 1. The van der Waals surface area contributed by atoms with Crippen molar-refractivity contribution in [1.82, 2.24) is 0 Å². The highest BCUT2D eigenvalue weighted by Gasteiger charge is 2.74. The second-order valence-corrected chi connectivity index (χ2v) is 13.9. The molecule has 0 aromatic carbocycles. The van der Waals surface area contributed by atoms with E-state index in [9.17, 15) is 19.5 Å². The number of esters is 1. The molecule has 5 rings (SSSR count). The summed E-state index contributed by atoms with van der Waals surface area (Å²) in [6.45, 7) is 7.79. The quantitative estimate of drug-likeness (QED) is 0.360. The first kappa shape index (κ1) is 27.9. The largest absolute Gasteiger partial charge is 0.457 e. The van der Waals surface area contributed by atoms with Crippen LogP contribution in [0.4, 0.5) is 0 Å². The minimum absolute atomic E-state index is 0.00758. The molecule has 1 aliphatic heterocycles. The Hall–Kier alpha value is -1.66. The molecule has 10 atom stereocenters. The molecule has 1 saturated heterocycles. The predicted molar refractivity (Wildman–Crippen MR) is 145 cm³/mol. The molecular formula is C30H41O7P. The number of Topliss-reactive ketones (excluding diaryl/α,β-unsaturated/α-hetero) is 1. The van der Waals surface area contributed by atoms with Crippen molar-refractivity contribution >= 4 is 32.0 Å². The van der Waals surface area contributed by atoms with Gasteiger partial charge in [-0.05, 0) is 68.2 Å². The summed E-state index contributed by atoms with van der Waals surface area (Å²) in [5.41, 5.74) is -0.784. The highest BCUT2D eigenvalue weighted by atomic mass is 31.1. The van der Waals surface area contributed by atoms with Gasteiger partial charge in [-0.2, -0.15) is 0 Å². The number of aliphatic hydroxyl groups is 1. The molecule has 8 heteroatoms. The SMILES string of the molecule is C=PC(C)CCC(C)C(=O)OCC(=O)C12OCOC1CC1C3CCC4=CC(=O)C=CC4(C)C3C(O)CC12C. The normalized spacial score (nSPS) is 42.9. The molecule has 0 radical (unpaired) electrons. The summed E-state index contributed by atoms with van der Waals surface area (Å²) in [7, 11) is 1.05. The number of ketones is 2. The Morgan fingerprint density at radius 3 is 2.79 bits per heavy atom. The number of fused-ring (bicyclic) bond motifs is 7. The molecule has 38 heavy (non-hydrogen) atoms. The van der Waals surface area contributed by atoms with Gasteiger partial charge in [0.25, 0.3) is 0 Å². The second-order valence-electron chi connectivity index (χ2n) is 12.6. The number of rotatable bonds is 8. The zero-order chi connectivity index (χ0) is 27.5. The molecule has 10 unspecified atom stereocenters. The molecule has 0 aromatic rings. The topological polar surface area (TPSA) is 99.1 Å². The monoisotopic (exact) mass is 544 g/mol. The Labute approximate surface area is 227 Å². The van der Waals surface area contributed by atoms with E-state index in [1.165, 1.54) is 0 Å². The lowest BCUT2D eigenvalue weighted by atomic mass is 9.46. The zero-order valence-corrected chi connectivity index (χ0v) is 23.9. The molecule has 1 heterocycles. The maximum Gasteiger partial charge on any atom is 0.309 e. The Kier molecular flexibility index (Phi) is 7.39. The van der Waals surface area contributed by atoms with E-state index in [2.05, 4.69) is 27.1 Å². The number of hydrogen-bond acceptors (Lipinski definition) is 7. The number of ether oxygens (including phenoxy) is 3. The van der Waals surface area contributed by atoms with E-state index >= 15 is 0 Å². The molecule has 7 nitrogen and oxygen atoms in total. The van der Waals surface area contributed by atoms with Crippen LogP contribution in [0.1, 0.15) is 66.2 Å². The van der Waals surface area contributed by atoms with Crippen LogP contribution >= 0.6 is 8.20 Å². The van der Waals surface area contributed by atoms with E-state index in [4.69, 9.17) is 14.2 Å². The number of carbonyl (C=O) groups is 3. The highest BCUT2D eigenvalue weighted by molar-refractivity contribution is 7.37. The highest BCUT2D eigenvalue weighted by Crippen LogP contribution is 2.69. The zero-order valence-electron chi connectivity index (χ0n) is 23.0. The fraction of sp³-hybridized carbons (Fsp3) is 0.733. The van der Waals surface area contributed by atoms with E-state index in [0.717, 1.165) is 33.0 Å². The molecule has 0 bridgehead atoms. The minimum atomic E-state index is -1.25. The van der Waals surface area contributed by atoms with Gasteiger partial charge in [0.2, 0.25) is 5.78 Å². The molecular weight excluding hydrogens is 503 g/mol. The van der Waals surface area contributed by atoms with E-state index < -0.39 is 23.2 Å². The van der Waals surface area contributed by atoms with Gasteiger partial charge in [0.15, 0.2) is 18.0 Å². The third-order valence-corrected chi connectivity index (χ3v) is 11.6. The Morgan fingerprint density at radius 1 is 1.29 bits per heavy atom. The third kappa shape index (κ3) is 4.11. The van der Waals surface area contributed by atoms with E-state index in [1.807, 2.05) is 13.0 Å². The molecule has 208 valence electrons. The van der Waals surface area contributed by atoms with Gasteiger partial charge in [-0.1, -0.05) is 45.6 Å². The van der Waals surface area contributed by atoms with Gasteiger partial charge in [-0.15, -0.1) is 8.20 Å². The summed E-state index contributed by atoms with van der Waals surface area (Å²) >= 11 is 0. The number of hydrogen-bond donors (Lipinski definition) is 1. The van der Waals surface area contributed by atoms with Gasteiger partial charge in [0, 0.05) is 16.7 Å². The fourth-order valence-electron chi connectivity index (χ4n) is 8.62. The molecule has 3 saturated carbocycles. The van der Waals surface area contributed by atoms with Crippen molar-refractivity contribution in [3.05, 3.63) is 23.8 Å². The second kappa shape index (κ2) is 10.1. The van der Waals surface area contributed by atoms with Crippen molar-refractivity contribution in [3.8, 4) is 0 Å². The average molecular weight is 545 g/mol. The number of carbonyl (C=O) groups excluding carboxylic acids is 3. The lowest BCUT2D eigenvalue weighted by Crippen LogP contribution is -2.63. The van der Waals surface area contributed by atoms with Crippen LogP contribution in [0.15, 0.2) is 23.8 Å². The third-order valence-electron chi connectivity index (χ3n) is 10.7. The molecule has 0 amide bonds. The summed E-state index contributed by atoms with van der Waals surface area (Å²) in [4.78, 5) is 38.7. The van der Waals surface area contributed by atoms with Crippen molar-refractivity contribution < 1.29 is 33.7 Å². The summed E-state index contributed by atoms with van der Waals surface area (Å²) < 4.78 is 17.8. The van der Waals surface area contributed by atoms with Gasteiger partial charge < -0.3 is 19.3 Å². The fourth-order valence-corrected chi connectivity index (χ4v) is 8.95. The summed E-state index contributed by atoms with van der Waals surface area (Å²) in [6, 6.07) is 0. The van der Waals surface area contributed by atoms with Crippen molar-refractivity contribution in [2.45, 2.75) is 89.7 Å². The van der Waals surface area contributed by atoms with Crippen molar-refractivity contribution in [2.24, 2.45) is 34.5 Å². The Bertz CT molecular complexity index is 1080. The summed E-state index contributed by atoms with van der Waals surface area (Å²) in [6.07, 6.45) is 12.4. The maximum absolute atomic E-state index is 13.9. The number of allylic oxidation sites excluding steroid dienone is 4. The van der Waals surface area contributed by atoms with Crippen LogP contribution in [0.5, 0.6) is 0 Å². The van der Waals surface area contributed by atoms with E-state index in [0.29, 0.717) is 24.9 Å². The van der Waals surface area contributed by atoms with Crippen molar-refractivity contribution in [2.75, 3.05) is 13.4 Å². The first-order valence-electron chi connectivity index (χ1n) is 14.0. The van der Waals surface area contributed by atoms with Crippen molar-refractivity contribution in [3.63, 3.8) is 0 Å². The predicted octanol–water partition coefficient (Wildman–Crippen LogP) is 4.28. The lowest BCUT2D eigenvalue weighted by Gasteiger charge is -2.59. The van der Waals surface area contributed by atoms with Crippen LogP contribution in [-0.2, 0) is 28.6 Å². The van der Waals surface area contributed by atoms with Crippen LogP contribution in [0.3, 0.4) is 0 Å². The lowest BCUT2D eigenvalue weighted by molar-refractivity contribution is -0.188. The maximum atomic E-state index is 13.9. The van der Waals surface area contributed by atoms with Gasteiger partial charge >= 0.3 is 5.97 Å². The molecule has 1 N–H and O–H groups in total. The van der Waals surface area contributed by atoms with Gasteiger partial charge in [-0.3, -0.25) is 14.4 Å². The first-order chi connectivity index (χ1) is 18.0. The van der Waals surface area contributed by atoms with Gasteiger partial charge in [-0.25, -0.2) is 0 Å². The van der Waals surface area contributed by atoms with Crippen LogP contribution in [0.2, 0.25) is 0 Å². The van der Waals surface area contributed by atoms with E-state index in [-0.39, 0.29) is 60.0 Å². The first-order valence-corrected chi connectivity index (χ1v) is 15.2. The average Bonchev–Trinajstić information content (AvgIpc) is 3.42. The molecule has 5 aliphatic rings. The molecule has 0 aromatic heterocycles. The van der Waals surface area contributed by atoms with E-state index in [1.54, 1.807) is 12.2 Å². The standard InChI is InChI=1S/C30H41O7P/c1-17(6-7-18(2)38-5)27(34)35-15-24(33)30-25(36-16-37-30)13-22-21-9-8-19-12-20(31)10-11-28(19,3)26(21)23(32)14-29(22,30)4/h10-12,17-18,21-23,25-26,32H,5-9,13-16H2,1-4H3. The van der Waals surface area contributed by atoms with Gasteiger partial charge in [0.1, 0.15) is 6.79 Å². The summed E-state index contributed by atoms with van der Waals surface area (Å²) in [5, 5.41) is 11.7. The Morgan fingerprint density at radius 2 is 2.05 bits per heavy atom. The minimum Gasteiger partial charge on any atom is -0.457 e. The van der Waals surface area contributed by atoms with Gasteiger partial charge in [0.05, 0.1) is 18.1 Å². The van der Waals surface area contributed by atoms with Crippen LogP contribution in [0, 0.1) is 34.5 Å². The van der Waals surface area contributed by atoms with Crippen molar-refractivity contribution in [1.29, 1.82) is 0 Å². The van der Waals surface area contributed by atoms with Crippen LogP contribution in [-0.4, -0.2) is 65.8 Å². The molecule has 4 fully saturated rings.